The Morgan fingerprint density at radius 1 is 1.10 bits per heavy atom. The number of hydrogen-bond donors (Lipinski definition) is 0. The molecule has 21 heavy (non-hydrogen) atoms. The van der Waals surface area contributed by atoms with Gasteiger partial charge < -0.3 is 9.47 Å². The Hall–Kier alpha value is -1.46. The number of rotatable bonds is 5. The van der Waals surface area contributed by atoms with Crippen molar-refractivity contribution in [2.45, 2.75) is 13.5 Å². The number of nitro benzene ring substituents is 1. The molecule has 0 heterocycles. The molecule has 0 atom stereocenters. The molecule has 107 valence electrons. The molecular formula is C15H15NO4Y. The predicted octanol–water partition coefficient (Wildman–Crippen LogP) is 3.49. The maximum absolute atomic E-state index is 10.6. The molecule has 5 nitrogen and oxygen atoms in total. The van der Waals surface area contributed by atoms with Crippen molar-refractivity contribution in [3.8, 4) is 11.5 Å². The molecule has 2 aromatic rings. The van der Waals surface area contributed by atoms with Crippen molar-refractivity contribution in [2.24, 2.45) is 0 Å². The van der Waals surface area contributed by atoms with Crippen LogP contribution in [0.15, 0.2) is 42.5 Å². The normalized spacial score (nSPS) is 9.62. The van der Waals surface area contributed by atoms with E-state index < -0.39 is 4.92 Å². The topological polar surface area (TPSA) is 61.6 Å². The summed E-state index contributed by atoms with van der Waals surface area (Å²) in [7, 11) is 1.59. The molecule has 2 aromatic carbocycles. The van der Waals surface area contributed by atoms with Gasteiger partial charge in [0.2, 0.25) is 0 Å². The largest absolute Gasteiger partial charge is 0.493 e. The Bertz CT molecular complexity index is 614. The van der Waals surface area contributed by atoms with E-state index >= 15 is 0 Å². The zero-order valence-electron chi connectivity index (χ0n) is 11.9. The summed E-state index contributed by atoms with van der Waals surface area (Å²) >= 11 is 0. The molecule has 0 amide bonds. The first-order chi connectivity index (χ1) is 9.60. The number of hydrogen-bond acceptors (Lipinski definition) is 4. The molecule has 0 fully saturated rings. The first kappa shape index (κ1) is 17.6. The Morgan fingerprint density at radius 2 is 1.76 bits per heavy atom. The summed E-state index contributed by atoms with van der Waals surface area (Å²) in [6.07, 6.45) is 0. The molecule has 0 saturated carbocycles. The van der Waals surface area contributed by atoms with E-state index in [1.54, 1.807) is 19.2 Å². The van der Waals surface area contributed by atoms with Crippen molar-refractivity contribution >= 4 is 5.69 Å². The Morgan fingerprint density at radius 3 is 2.33 bits per heavy atom. The number of benzene rings is 2. The van der Waals surface area contributed by atoms with Gasteiger partial charge in [0.15, 0.2) is 11.5 Å². The van der Waals surface area contributed by atoms with Crippen molar-refractivity contribution < 1.29 is 47.1 Å². The molecule has 0 aliphatic rings. The van der Waals surface area contributed by atoms with E-state index in [-0.39, 0.29) is 38.4 Å². The molecule has 6 heteroatoms. The van der Waals surface area contributed by atoms with Gasteiger partial charge in [-0.25, -0.2) is 0 Å². The van der Waals surface area contributed by atoms with Crippen molar-refractivity contribution in [3.05, 3.63) is 63.7 Å². The molecule has 0 spiro atoms. The van der Waals surface area contributed by atoms with Crippen LogP contribution in [0, 0.1) is 17.0 Å². The minimum absolute atomic E-state index is 0. The second-order valence-corrected chi connectivity index (χ2v) is 4.37. The number of nitro groups is 1. The molecule has 0 N–H and O–H groups in total. The third kappa shape index (κ3) is 4.79. The molecule has 0 aromatic heterocycles. The van der Waals surface area contributed by atoms with Gasteiger partial charge in [0.1, 0.15) is 6.61 Å². The van der Waals surface area contributed by atoms with Gasteiger partial charge in [0.05, 0.1) is 12.0 Å². The minimum Gasteiger partial charge on any atom is -0.493 e. The first-order valence-corrected chi connectivity index (χ1v) is 6.11. The Labute approximate surface area is 148 Å². The summed E-state index contributed by atoms with van der Waals surface area (Å²) in [5, 5.41) is 10.6. The standard InChI is InChI=1S/C15H15NO4.Y/c1-11-3-8-14(15(9-11)19-2)20-10-12-4-6-13(7-5-12)16(17)18;/h3-9H,10H2,1-2H3;. The van der Waals surface area contributed by atoms with Crippen LogP contribution in [0.2, 0.25) is 0 Å². The van der Waals surface area contributed by atoms with Crippen molar-refractivity contribution in [1.82, 2.24) is 0 Å². The van der Waals surface area contributed by atoms with E-state index in [9.17, 15) is 10.1 Å². The molecule has 1 radical (unpaired) electrons. The number of nitrogens with zero attached hydrogens (tertiary/aromatic N) is 1. The number of non-ortho nitro benzene ring substituents is 1. The summed E-state index contributed by atoms with van der Waals surface area (Å²) in [4.78, 5) is 10.1. The van der Waals surface area contributed by atoms with E-state index in [4.69, 9.17) is 9.47 Å². The van der Waals surface area contributed by atoms with E-state index in [0.29, 0.717) is 18.1 Å². The number of methoxy groups -OCH3 is 1. The third-order valence-electron chi connectivity index (χ3n) is 2.86. The van der Waals surface area contributed by atoms with E-state index in [0.717, 1.165) is 11.1 Å². The quantitative estimate of drug-likeness (QED) is 0.604. The average molecular weight is 362 g/mol. The van der Waals surface area contributed by atoms with Gasteiger partial charge in [-0.3, -0.25) is 10.1 Å². The molecule has 0 aliphatic carbocycles. The summed E-state index contributed by atoms with van der Waals surface area (Å²) in [5.41, 5.74) is 2.02. The zero-order chi connectivity index (χ0) is 14.5. The molecule has 0 saturated heterocycles. The van der Waals surface area contributed by atoms with Crippen molar-refractivity contribution in [3.63, 3.8) is 0 Å². The summed E-state index contributed by atoms with van der Waals surface area (Å²) in [6, 6.07) is 12.0. The molecular weight excluding hydrogens is 347 g/mol. The van der Waals surface area contributed by atoms with Gasteiger partial charge in [0, 0.05) is 44.8 Å². The van der Waals surface area contributed by atoms with Crippen LogP contribution in [0.5, 0.6) is 11.5 Å². The van der Waals surface area contributed by atoms with Crippen LogP contribution in [0.25, 0.3) is 0 Å². The Balaban J connectivity index is 0.00000220. The minimum atomic E-state index is -0.423. The monoisotopic (exact) mass is 362 g/mol. The number of aryl methyl sites for hydroxylation is 1. The van der Waals surface area contributed by atoms with Crippen molar-refractivity contribution in [1.29, 1.82) is 0 Å². The van der Waals surface area contributed by atoms with Crippen LogP contribution >= 0.6 is 0 Å². The van der Waals surface area contributed by atoms with E-state index in [1.165, 1.54) is 12.1 Å². The summed E-state index contributed by atoms with van der Waals surface area (Å²) in [6.45, 7) is 2.31. The van der Waals surface area contributed by atoms with Crippen molar-refractivity contribution in [2.75, 3.05) is 7.11 Å². The fourth-order valence-electron chi connectivity index (χ4n) is 1.77. The zero-order valence-corrected chi connectivity index (χ0v) is 14.7. The fourth-order valence-corrected chi connectivity index (χ4v) is 1.77. The summed E-state index contributed by atoms with van der Waals surface area (Å²) in [5.74, 6) is 1.32. The van der Waals surface area contributed by atoms with Gasteiger partial charge in [-0.2, -0.15) is 0 Å². The molecule has 0 unspecified atom stereocenters. The van der Waals surface area contributed by atoms with E-state index in [2.05, 4.69) is 0 Å². The summed E-state index contributed by atoms with van der Waals surface area (Å²) < 4.78 is 10.9. The Kier molecular flexibility index (Phi) is 6.79. The molecule has 0 bridgehead atoms. The van der Waals surface area contributed by atoms with Crippen LogP contribution < -0.4 is 9.47 Å². The first-order valence-electron chi connectivity index (χ1n) is 6.11. The molecule has 0 aliphatic heterocycles. The average Bonchev–Trinajstić information content (AvgIpc) is 2.46. The SMILES string of the molecule is COc1cc(C)ccc1OCc1ccc([N+](=O)[O-])cc1.[Y]. The second-order valence-electron chi connectivity index (χ2n) is 4.37. The fraction of sp³-hybridized carbons (Fsp3) is 0.200. The molecule has 2 rings (SSSR count). The van der Waals surface area contributed by atoms with Crippen LogP contribution in [-0.4, -0.2) is 12.0 Å². The number of ether oxygens (including phenoxy) is 2. The predicted molar refractivity (Wildman–Crippen MR) is 75.2 cm³/mol. The third-order valence-corrected chi connectivity index (χ3v) is 2.86. The second kappa shape index (κ2) is 8.10. The van der Waals surface area contributed by atoms with Gasteiger partial charge in [-0.15, -0.1) is 0 Å². The smallest absolute Gasteiger partial charge is 0.269 e. The maximum atomic E-state index is 10.6. The van der Waals surface area contributed by atoms with Crippen LogP contribution in [0.1, 0.15) is 11.1 Å². The van der Waals surface area contributed by atoms with Crippen LogP contribution in [-0.2, 0) is 39.3 Å². The van der Waals surface area contributed by atoms with Gasteiger partial charge in [-0.05, 0) is 42.3 Å². The van der Waals surface area contributed by atoms with Gasteiger partial charge in [0.25, 0.3) is 5.69 Å². The van der Waals surface area contributed by atoms with E-state index in [1.807, 2.05) is 25.1 Å². The maximum Gasteiger partial charge on any atom is 0.269 e. The van der Waals surface area contributed by atoms with Crippen LogP contribution in [0.4, 0.5) is 5.69 Å². The van der Waals surface area contributed by atoms with Gasteiger partial charge in [-0.1, -0.05) is 6.07 Å². The van der Waals surface area contributed by atoms with Crippen LogP contribution in [0.3, 0.4) is 0 Å². The van der Waals surface area contributed by atoms with Gasteiger partial charge >= 0.3 is 0 Å².